The lowest BCUT2D eigenvalue weighted by Crippen LogP contribution is -2.27. The average Bonchev–Trinajstić information content (AvgIpc) is 2.50. The number of benzene rings is 1. The molecule has 0 aliphatic rings. The van der Waals surface area contributed by atoms with Crippen molar-refractivity contribution in [3.05, 3.63) is 35.2 Å². The number of rotatable bonds is 0. The van der Waals surface area contributed by atoms with Gasteiger partial charge in [-0.2, -0.15) is 0 Å². The summed E-state index contributed by atoms with van der Waals surface area (Å²) < 4.78 is 19.6. The Morgan fingerprint density at radius 2 is 2.00 bits per heavy atom. The van der Waals surface area contributed by atoms with Gasteiger partial charge in [0.25, 0.3) is 0 Å². The van der Waals surface area contributed by atoms with Crippen LogP contribution in [-0.2, 0) is 4.74 Å². The fourth-order valence-electron chi connectivity index (χ4n) is 1.65. The summed E-state index contributed by atoms with van der Waals surface area (Å²) in [5.74, 6) is -0.375. The van der Waals surface area contributed by atoms with E-state index in [2.05, 4.69) is 0 Å². The summed E-state index contributed by atoms with van der Waals surface area (Å²) >= 11 is 5.98. The van der Waals surface area contributed by atoms with Gasteiger partial charge in [0.1, 0.15) is 16.6 Å². The lowest BCUT2D eigenvalue weighted by molar-refractivity contribution is 0.0545. The third-order valence-corrected chi connectivity index (χ3v) is 2.57. The molecule has 1 aromatic heterocycles. The Kier molecular flexibility index (Phi) is 3.07. The minimum Gasteiger partial charge on any atom is -0.443 e. The third kappa shape index (κ3) is 2.48. The van der Waals surface area contributed by atoms with Gasteiger partial charge in [-0.1, -0.05) is 11.6 Å². The number of nitrogens with zero attached hydrogens (tertiary/aromatic N) is 1. The molecule has 0 aliphatic heterocycles. The molecule has 0 unspecified atom stereocenters. The third-order valence-electron chi connectivity index (χ3n) is 2.29. The molecule has 0 atom stereocenters. The van der Waals surface area contributed by atoms with E-state index in [1.54, 1.807) is 20.8 Å². The molecule has 0 saturated carbocycles. The molecule has 1 heterocycles. The van der Waals surface area contributed by atoms with Crippen LogP contribution >= 0.6 is 11.6 Å². The lowest BCUT2D eigenvalue weighted by atomic mass is 10.2. The van der Waals surface area contributed by atoms with Crippen LogP contribution in [-0.4, -0.2) is 16.3 Å². The molecular weight excluding hydrogens is 257 g/mol. The number of carbonyl (C=O) groups excluding carboxylic acids is 1. The van der Waals surface area contributed by atoms with E-state index >= 15 is 0 Å². The van der Waals surface area contributed by atoms with Gasteiger partial charge < -0.3 is 4.74 Å². The molecule has 0 radical (unpaired) electrons. The van der Waals surface area contributed by atoms with Gasteiger partial charge in [-0.3, -0.25) is 0 Å². The highest BCUT2D eigenvalue weighted by Gasteiger charge is 2.21. The number of carbonyl (C=O) groups is 1. The molecule has 1 aromatic carbocycles. The molecule has 0 amide bonds. The second-order valence-corrected chi connectivity index (χ2v) is 5.37. The maximum absolute atomic E-state index is 13.1. The predicted octanol–water partition coefficient (Wildman–Crippen LogP) is 4.22. The van der Waals surface area contributed by atoms with E-state index in [-0.39, 0.29) is 11.0 Å². The van der Waals surface area contributed by atoms with Crippen LogP contribution in [0.25, 0.3) is 10.9 Å². The molecule has 5 heteroatoms. The van der Waals surface area contributed by atoms with Crippen molar-refractivity contribution in [3.63, 3.8) is 0 Å². The van der Waals surface area contributed by atoms with Crippen LogP contribution in [0.2, 0.25) is 5.15 Å². The molecule has 2 aromatic rings. The number of hydrogen-bond donors (Lipinski definition) is 0. The number of aromatic nitrogens is 1. The van der Waals surface area contributed by atoms with E-state index in [0.29, 0.717) is 10.9 Å². The number of fused-ring (bicyclic) bond motifs is 1. The lowest BCUT2D eigenvalue weighted by Gasteiger charge is -2.20. The Morgan fingerprint density at radius 3 is 2.61 bits per heavy atom. The van der Waals surface area contributed by atoms with Crippen LogP contribution in [0, 0.1) is 5.82 Å². The van der Waals surface area contributed by atoms with Gasteiger partial charge in [-0.05, 0) is 45.0 Å². The Labute approximate surface area is 109 Å². The molecule has 2 rings (SSSR count). The zero-order chi connectivity index (χ0) is 13.5. The molecule has 0 spiro atoms. The van der Waals surface area contributed by atoms with Crippen molar-refractivity contribution >= 4 is 28.6 Å². The molecule has 0 N–H and O–H groups in total. The van der Waals surface area contributed by atoms with Crippen molar-refractivity contribution in [1.82, 2.24) is 4.57 Å². The Morgan fingerprint density at radius 1 is 1.33 bits per heavy atom. The van der Waals surface area contributed by atoms with Gasteiger partial charge in [0, 0.05) is 5.39 Å². The van der Waals surface area contributed by atoms with Gasteiger partial charge in [0.2, 0.25) is 0 Å². The standard InChI is InChI=1S/C13H13ClFNO2/c1-13(2,3)18-12(17)16-10-5-4-9(15)6-8(10)7-11(16)14/h4-7H,1-3H3. The largest absolute Gasteiger partial charge is 0.443 e. The Bertz CT molecular complexity index is 613. The molecule has 96 valence electrons. The summed E-state index contributed by atoms with van der Waals surface area (Å²) in [6.45, 7) is 5.30. The van der Waals surface area contributed by atoms with Crippen molar-refractivity contribution in [2.24, 2.45) is 0 Å². The molecule has 0 aliphatic carbocycles. The first-order valence-corrected chi connectivity index (χ1v) is 5.85. The van der Waals surface area contributed by atoms with Gasteiger partial charge in [-0.15, -0.1) is 0 Å². The molecule has 18 heavy (non-hydrogen) atoms. The minimum absolute atomic E-state index is 0.199. The van der Waals surface area contributed by atoms with Crippen LogP contribution in [0.4, 0.5) is 9.18 Å². The van der Waals surface area contributed by atoms with Crippen molar-refractivity contribution in [3.8, 4) is 0 Å². The summed E-state index contributed by atoms with van der Waals surface area (Å²) in [6.07, 6.45) is -0.575. The summed E-state index contributed by atoms with van der Waals surface area (Å²) in [4.78, 5) is 12.0. The van der Waals surface area contributed by atoms with Crippen molar-refractivity contribution in [2.75, 3.05) is 0 Å². The van der Waals surface area contributed by atoms with Gasteiger partial charge >= 0.3 is 6.09 Å². The predicted molar refractivity (Wildman–Crippen MR) is 68.5 cm³/mol. The van der Waals surface area contributed by atoms with Crippen LogP contribution in [0.1, 0.15) is 20.8 Å². The topological polar surface area (TPSA) is 31.2 Å². The highest BCUT2D eigenvalue weighted by molar-refractivity contribution is 6.32. The summed E-state index contributed by atoms with van der Waals surface area (Å²) in [5.41, 5.74) is -0.0903. The SMILES string of the molecule is CC(C)(C)OC(=O)n1c(Cl)cc2cc(F)ccc21. The first kappa shape index (κ1) is 12.9. The smallest absolute Gasteiger partial charge is 0.420 e. The zero-order valence-corrected chi connectivity index (χ0v) is 11.1. The first-order chi connectivity index (χ1) is 8.28. The Balaban J connectivity index is 2.51. The number of hydrogen-bond acceptors (Lipinski definition) is 2. The molecule has 0 saturated heterocycles. The summed E-state index contributed by atoms with van der Waals surface area (Å²) in [6, 6.07) is 5.63. The molecule has 3 nitrogen and oxygen atoms in total. The molecule has 0 bridgehead atoms. The molecule has 0 fully saturated rings. The van der Waals surface area contributed by atoms with E-state index in [4.69, 9.17) is 16.3 Å². The monoisotopic (exact) mass is 269 g/mol. The van der Waals surface area contributed by atoms with Gasteiger partial charge in [0.05, 0.1) is 5.52 Å². The molecular formula is C13H13ClFNO2. The normalized spacial score (nSPS) is 11.8. The quantitative estimate of drug-likeness (QED) is 0.717. The van der Waals surface area contributed by atoms with E-state index in [1.165, 1.54) is 28.8 Å². The highest BCUT2D eigenvalue weighted by Crippen LogP contribution is 2.25. The van der Waals surface area contributed by atoms with Crippen LogP contribution < -0.4 is 0 Å². The average molecular weight is 270 g/mol. The highest BCUT2D eigenvalue weighted by atomic mass is 35.5. The number of ether oxygens (including phenoxy) is 1. The number of halogens is 2. The maximum Gasteiger partial charge on any atom is 0.420 e. The van der Waals surface area contributed by atoms with E-state index < -0.39 is 11.7 Å². The van der Waals surface area contributed by atoms with Gasteiger partial charge in [-0.25, -0.2) is 13.8 Å². The minimum atomic E-state index is -0.614. The second kappa shape index (κ2) is 4.28. The van der Waals surface area contributed by atoms with Crippen molar-refractivity contribution < 1.29 is 13.9 Å². The summed E-state index contributed by atoms with van der Waals surface area (Å²) in [5, 5.41) is 0.760. The fraction of sp³-hybridized carbons (Fsp3) is 0.308. The second-order valence-electron chi connectivity index (χ2n) is 4.99. The van der Waals surface area contributed by atoms with Gasteiger partial charge in [0.15, 0.2) is 0 Å². The van der Waals surface area contributed by atoms with Crippen LogP contribution in [0.5, 0.6) is 0 Å². The van der Waals surface area contributed by atoms with E-state index in [1.807, 2.05) is 0 Å². The van der Waals surface area contributed by atoms with Crippen molar-refractivity contribution in [2.45, 2.75) is 26.4 Å². The van der Waals surface area contributed by atoms with Crippen LogP contribution in [0.15, 0.2) is 24.3 Å². The van der Waals surface area contributed by atoms with Crippen molar-refractivity contribution in [1.29, 1.82) is 0 Å². The first-order valence-electron chi connectivity index (χ1n) is 5.48. The zero-order valence-electron chi connectivity index (χ0n) is 10.3. The van der Waals surface area contributed by atoms with Crippen LogP contribution in [0.3, 0.4) is 0 Å². The maximum atomic E-state index is 13.1. The Hall–Kier alpha value is -1.55. The fourth-order valence-corrected chi connectivity index (χ4v) is 1.92. The van der Waals surface area contributed by atoms with E-state index in [0.717, 1.165) is 0 Å². The van der Waals surface area contributed by atoms with E-state index in [9.17, 15) is 9.18 Å². The summed E-state index contributed by atoms with van der Waals surface area (Å²) in [7, 11) is 0.